The number of benzene rings is 1. The summed E-state index contributed by atoms with van der Waals surface area (Å²) in [5.74, 6) is 0.213. The molecule has 0 saturated carbocycles. The van der Waals surface area contributed by atoms with Gasteiger partial charge < -0.3 is 19.7 Å². The molecule has 2 rings (SSSR count). The molecule has 1 aromatic rings. The number of rotatable bonds is 8. The molecule has 1 aliphatic rings. The van der Waals surface area contributed by atoms with E-state index in [9.17, 15) is 9.59 Å². The summed E-state index contributed by atoms with van der Waals surface area (Å²) in [6, 6.07) is 7.45. The maximum absolute atomic E-state index is 12.4. The second-order valence-electron chi connectivity index (χ2n) is 6.18. The Morgan fingerprint density at radius 2 is 2.12 bits per heavy atom. The summed E-state index contributed by atoms with van der Waals surface area (Å²) in [7, 11) is 1.63. The highest BCUT2D eigenvalue weighted by Crippen LogP contribution is 2.33. The zero-order valence-corrected chi connectivity index (χ0v) is 14.6. The Morgan fingerprint density at radius 3 is 2.83 bits per heavy atom. The van der Waals surface area contributed by atoms with Crippen molar-refractivity contribution in [2.75, 3.05) is 31.7 Å². The van der Waals surface area contributed by atoms with Crippen LogP contribution in [0.4, 0.5) is 5.69 Å². The molecular formula is C18H26N2O4. The van der Waals surface area contributed by atoms with Crippen molar-refractivity contribution in [1.29, 1.82) is 0 Å². The molecule has 2 amide bonds. The molecule has 0 bridgehead atoms. The molecule has 1 N–H and O–H groups in total. The van der Waals surface area contributed by atoms with Gasteiger partial charge in [0.05, 0.1) is 17.7 Å². The van der Waals surface area contributed by atoms with Crippen molar-refractivity contribution in [3.8, 4) is 5.75 Å². The number of amides is 2. The zero-order valence-electron chi connectivity index (χ0n) is 14.6. The summed E-state index contributed by atoms with van der Waals surface area (Å²) >= 11 is 0. The van der Waals surface area contributed by atoms with E-state index in [1.165, 1.54) is 0 Å². The van der Waals surface area contributed by atoms with E-state index in [1.807, 2.05) is 38.1 Å². The van der Waals surface area contributed by atoms with Gasteiger partial charge in [0.2, 0.25) is 11.8 Å². The highest BCUT2D eigenvalue weighted by molar-refractivity contribution is 6.01. The zero-order chi connectivity index (χ0) is 17.5. The summed E-state index contributed by atoms with van der Waals surface area (Å²) in [5, 5.41) is 2.87. The van der Waals surface area contributed by atoms with E-state index in [0.717, 1.165) is 12.1 Å². The fraction of sp³-hybridized carbons (Fsp3) is 0.556. The first kappa shape index (κ1) is 18.3. The van der Waals surface area contributed by atoms with Crippen LogP contribution >= 0.6 is 0 Å². The Hall–Kier alpha value is -2.08. The summed E-state index contributed by atoms with van der Waals surface area (Å²) in [5.41, 5.74) is 0.728. The summed E-state index contributed by atoms with van der Waals surface area (Å²) in [6.07, 6.45) is 1.01. The van der Waals surface area contributed by atoms with Gasteiger partial charge in [-0.25, -0.2) is 0 Å². The Bertz CT molecular complexity index is 574. The quantitative estimate of drug-likeness (QED) is 0.738. The van der Waals surface area contributed by atoms with E-state index >= 15 is 0 Å². The van der Waals surface area contributed by atoms with Crippen LogP contribution in [0.3, 0.4) is 0 Å². The minimum Gasteiger partial charge on any atom is -0.489 e. The first-order valence-corrected chi connectivity index (χ1v) is 8.35. The van der Waals surface area contributed by atoms with Crippen LogP contribution in [-0.4, -0.2) is 44.7 Å². The van der Waals surface area contributed by atoms with Crippen LogP contribution in [0, 0.1) is 5.92 Å². The lowest BCUT2D eigenvalue weighted by Crippen LogP contribution is -2.34. The molecule has 0 aromatic heterocycles. The summed E-state index contributed by atoms with van der Waals surface area (Å²) < 4.78 is 10.7. The Kier molecular flexibility index (Phi) is 6.61. The van der Waals surface area contributed by atoms with E-state index in [2.05, 4.69) is 5.32 Å². The van der Waals surface area contributed by atoms with E-state index < -0.39 is 0 Å². The Balaban J connectivity index is 2.01. The van der Waals surface area contributed by atoms with Crippen molar-refractivity contribution in [3.63, 3.8) is 0 Å². The van der Waals surface area contributed by atoms with Gasteiger partial charge in [-0.2, -0.15) is 0 Å². The molecule has 0 spiro atoms. The highest BCUT2D eigenvalue weighted by atomic mass is 16.5. The molecule has 6 heteroatoms. The van der Waals surface area contributed by atoms with Crippen molar-refractivity contribution < 1.29 is 19.1 Å². The average Bonchev–Trinajstić information content (AvgIpc) is 2.93. The molecule has 1 fully saturated rings. The maximum atomic E-state index is 12.4. The number of ether oxygens (including phenoxy) is 2. The standard InChI is InChI=1S/C18H26N2O4/c1-13(2)24-16-8-5-4-7-15(16)20-12-14(11-17(20)21)18(22)19-9-6-10-23-3/h4-5,7-8,13-14H,6,9-12H2,1-3H3,(H,19,22). The minimum absolute atomic E-state index is 0.0173. The molecule has 1 aromatic carbocycles. The van der Waals surface area contributed by atoms with Gasteiger partial charge in [0.15, 0.2) is 0 Å². The molecular weight excluding hydrogens is 308 g/mol. The lowest BCUT2D eigenvalue weighted by molar-refractivity contribution is -0.126. The smallest absolute Gasteiger partial charge is 0.227 e. The number of nitrogens with one attached hydrogen (secondary N) is 1. The summed E-state index contributed by atoms with van der Waals surface area (Å²) in [4.78, 5) is 26.3. The number of hydrogen-bond acceptors (Lipinski definition) is 4. The van der Waals surface area contributed by atoms with Crippen LogP contribution in [0.1, 0.15) is 26.7 Å². The third kappa shape index (κ3) is 4.71. The van der Waals surface area contributed by atoms with Crippen LogP contribution in [0.15, 0.2) is 24.3 Å². The maximum Gasteiger partial charge on any atom is 0.227 e. The number of methoxy groups -OCH3 is 1. The SMILES string of the molecule is COCCCNC(=O)C1CC(=O)N(c2ccccc2OC(C)C)C1. The number of hydrogen-bond donors (Lipinski definition) is 1. The second-order valence-corrected chi connectivity index (χ2v) is 6.18. The van der Waals surface area contributed by atoms with E-state index in [0.29, 0.717) is 25.4 Å². The fourth-order valence-electron chi connectivity index (χ4n) is 2.72. The van der Waals surface area contributed by atoms with Gasteiger partial charge in [-0.15, -0.1) is 0 Å². The van der Waals surface area contributed by atoms with E-state index in [4.69, 9.17) is 9.47 Å². The second kappa shape index (κ2) is 8.68. The number of carbonyl (C=O) groups is 2. The van der Waals surface area contributed by atoms with Crippen molar-refractivity contribution in [2.24, 2.45) is 5.92 Å². The van der Waals surface area contributed by atoms with Gasteiger partial charge in [0.25, 0.3) is 0 Å². The first-order chi connectivity index (χ1) is 11.5. The lowest BCUT2D eigenvalue weighted by Gasteiger charge is -2.21. The molecule has 1 saturated heterocycles. The van der Waals surface area contributed by atoms with Crippen molar-refractivity contribution >= 4 is 17.5 Å². The predicted molar refractivity (Wildman–Crippen MR) is 92.2 cm³/mol. The lowest BCUT2D eigenvalue weighted by atomic mass is 10.1. The molecule has 1 atom stereocenters. The topological polar surface area (TPSA) is 67.9 Å². The minimum atomic E-state index is -0.327. The molecule has 1 heterocycles. The Labute approximate surface area is 143 Å². The fourth-order valence-corrected chi connectivity index (χ4v) is 2.72. The van der Waals surface area contributed by atoms with Crippen molar-refractivity contribution in [2.45, 2.75) is 32.8 Å². The van der Waals surface area contributed by atoms with Gasteiger partial charge in [0.1, 0.15) is 5.75 Å². The van der Waals surface area contributed by atoms with Gasteiger partial charge in [-0.1, -0.05) is 12.1 Å². The number of anilines is 1. The third-order valence-corrected chi connectivity index (χ3v) is 3.84. The van der Waals surface area contributed by atoms with Crippen LogP contribution < -0.4 is 15.0 Å². The molecule has 6 nitrogen and oxygen atoms in total. The van der Waals surface area contributed by atoms with E-state index in [-0.39, 0.29) is 30.3 Å². The third-order valence-electron chi connectivity index (χ3n) is 3.84. The largest absolute Gasteiger partial charge is 0.489 e. The van der Waals surface area contributed by atoms with Gasteiger partial charge in [0, 0.05) is 33.2 Å². The molecule has 1 aliphatic heterocycles. The predicted octanol–water partition coefficient (Wildman–Crippen LogP) is 1.98. The van der Waals surface area contributed by atoms with Crippen molar-refractivity contribution in [1.82, 2.24) is 5.32 Å². The molecule has 0 radical (unpaired) electrons. The number of carbonyl (C=O) groups excluding carboxylic acids is 2. The molecule has 0 aliphatic carbocycles. The Morgan fingerprint density at radius 1 is 1.38 bits per heavy atom. The van der Waals surface area contributed by atoms with E-state index in [1.54, 1.807) is 12.0 Å². The first-order valence-electron chi connectivity index (χ1n) is 8.35. The van der Waals surface area contributed by atoms with Crippen LogP contribution in [0.2, 0.25) is 0 Å². The van der Waals surface area contributed by atoms with Crippen molar-refractivity contribution in [3.05, 3.63) is 24.3 Å². The van der Waals surface area contributed by atoms with Gasteiger partial charge in [-0.05, 0) is 32.4 Å². The summed E-state index contributed by atoms with van der Waals surface area (Å²) in [6.45, 7) is 5.44. The molecule has 132 valence electrons. The van der Waals surface area contributed by atoms with Crippen LogP contribution in [0.5, 0.6) is 5.75 Å². The monoisotopic (exact) mass is 334 g/mol. The number of para-hydroxylation sites is 2. The normalized spacial score (nSPS) is 17.4. The highest BCUT2D eigenvalue weighted by Gasteiger charge is 2.36. The van der Waals surface area contributed by atoms with Crippen LogP contribution in [0.25, 0.3) is 0 Å². The van der Waals surface area contributed by atoms with Gasteiger partial charge in [-0.3, -0.25) is 9.59 Å². The average molecular weight is 334 g/mol. The molecule has 1 unspecified atom stereocenters. The van der Waals surface area contributed by atoms with Crippen LogP contribution in [-0.2, 0) is 14.3 Å². The number of nitrogens with zero attached hydrogens (tertiary/aromatic N) is 1. The van der Waals surface area contributed by atoms with Gasteiger partial charge >= 0.3 is 0 Å². The molecule has 24 heavy (non-hydrogen) atoms.